The highest BCUT2D eigenvalue weighted by molar-refractivity contribution is 6.11. The van der Waals surface area contributed by atoms with Crippen LogP contribution < -0.4 is 5.32 Å². The standard InChI is InChI=1S/C23H32N2O6/c1-4-6-10-30-21(28)12-15(3)24-14-20(27)16-8-9-19(26)22-17(16)13-18(25-22)23(29)31-11-7-5-2/h8-9,13,15,24-26H,4-7,10-12,14H2,1-3H3. The van der Waals surface area contributed by atoms with E-state index in [4.69, 9.17) is 9.47 Å². The van der Waals surface area contributed by atoms with E-state index in [2.05, 4.69) is 10.3 Å². The van der Waals surface area contributed by atoms with Crippen LogP contribution in [0.3, 0.4) is 0 Å². The van der Waals surface area contributed by atoms with Crippen molar-refractivity contribution in [2.24, 2.45) is 0 Å². The average molecular weight is 433 g/mol. The third kappa shape index (κ3) is 7.10. The van der Waals surface area contributed by atoms with Crippen molar-refractivity contribution in [3.05, 3.63) is 29.5 Å². The number of carbonyl (C=O) groups excluding carboxylic acids is 3. The van der Waals surface area contributed by atoms with E-state index in [1.165, 1.54) is 18.2 Å². The molecule has 0 spiro atoms. The molecule has 3 N–H and O–H groups in total. The normalized spacial score (nSPS) is 12.0. The van der Waals surface area contributed by atoms with Gasteiger partial charge in [0, 0.05) is 17.0 Å². The Kier molecular flexibility index (Phi) is 9.52. The minimum atomic E-state index is -0.532. The summed E-state index contributed by atoms with van der Waals surface area (Å²) in [6, 6.07) is 4.21. The van der Waals surface area contributed by atoms with Crippen molar-refractivity contribution in [2.45, 2.75) is 58.9 Å². The number of fused-ring (bicyclic) bond motifs is 1. The monoisotopic (exact) mass is 432 g/mol. The summed E-state index contributed by atoms with van der Waals surface area (Å²) in [6.07, 6.45) is 3.61. The molecule has 1 unspecified atom stereocenters. The summed E-state index contributed by atoms with van der Waals surface area (Å²) in [6.45, 7) is 6.55. The van der Waals surface area contributed by atoms with Crippen LogP contribution in [0.15, 0.2) is 18.2 Å². The first kappa shape index (κ1) is 24.4. The van der Waals surface area contributed by atoms with E-state index < -0.39 is 5.97 Å². The molecule has 2 rings (SSSR count). The van der Waals surface area contributed by atoms with Crippen LogP contribution in [-0.4, -0.2) is 53.6 Å². The molecule has 8 heteroatoms. The summed E-state index contributed by atoms with van der Waals surface area (Å²) in [5, 5.41) is 13.6. The smallest absolute Gasteiger partial charge is 0.354 e. The number of aromatic nitrogens is 1. The topological polar surface area (TPSA) is 118 Å². The van der Waals surface area contributed by atoms with Crippen LogP contribution in [0.1, 0.15) is 73.7 Å². The zero-order valence-electron chi connectivity index (χ0n) is 18.5. The lowest BCUT2D eigenvalue weighted by molar-refractivity contribution is -0.144. The van der Waals surface area contributed by atoms with E-state index in [-0.39, 0.29) is 42.2 Å². The fourth-order valence-electron chi connectivity index (χ4n) is 3.02. The number of ether oxygens (including phenoxy) is 2. The molecule has 0 saturated heterocycles. The van der Waals surface area contributed by atoms with Crippen molar-refractivity contribution in [1.29, 1.82) is 0 Å². The number of benzene rings is 1. The van der Waals surface area contributed by atoms with Crippen molar-refractivity contribution in [3.63, 3.8) is 0 Å². The molecule has 1 atom stereocenters. The molecular weight excluding hydrogens is 400 g/mol. The van der Waals surface area contributed by atoms with Gasteiger partial charge in [0.25, 0.3) is 0 Å². The molecule has 8 nitrogen and oxygen atoms in total. The molecule has 0 radical (unpaired) electrons. The Morgan fingerprint density at radius 2 is 1.77 bits per heavy atom. The average Bonchev–Trinajstić information content (AvgIpc) is 3.19. The van der Waals surface area contributed by atoms with Crippen LogP contribution in [0, 0.1) is 0 Å². The van der Waals surface area contributed by atoms with E-state index in [1.807, 2.05) is 20.8 Å². The van der Waals surface area contributed by atoms with E-state index in [1.54, 1.807) is 0 Å². The molecule has 1 aromatic heterocycles. The van der Waals surface area contributed by atoms with Gasteiger partial charge in [-0.2, -0.15) is 0 Å². The molecule has 0 aliphatic heterocycles. The predicted octanol–water partition coefficient (Wildman–Crippen LogP) is 3.72. The number of carbonyl (C=O) groups is 3. The molecule has 31 heavy (non-hydrogen) atoms. The van der Waals surface area contributed by atoms with Gasteiger partial charge in [0.2, 0.25) is 0 Å². The molecule has 170 valence electrons. The number of ketones is 1. The van der Waals surface area contributed by atoms with Crippen LogP contribution in [-0.2, 0) is 14.3 Å². The Morgan fingerprint density at radius 3 is 2.45 bits per heavy atom. The maximum Gasteiger partial charge on any atom is 0.354 e. The molecular formula is C23H32N2O6. The molecule has 0 amide bonds. The molecule has 0 saturated carbocycles. The Morgan fingerprint density at radius 1 is 1.10 bits per heavy atom. The second-order valence-electron chi connectivity index (χ2n) is 7.58. The second-order valence-corrected chi connectivity index (χ2v) is 7.58. The third-order valence-corrected chi connectivity index (χ3v) is 4.87. The number of Topliss-reactive ketones (excluding diaryl/α,β-unsaturated/α-hetero) is 1. The second kappa shape index (κ2) is 12.1. The lowest BCUT2D eigenvalue weighted by Crippen LogP contribution is -2.33. The van der Waals surface area contributed by atoms with Crippen molar-refractivity contribution in [1.82, 2.24) is 10.3 Å². The van der Waals surface area contributed by atoms with Gasteiger partial charge in [-0.15, -0.1) is 0 Å². The number of unbranched alkanes of at least 4 members (excludes halogenated alkanes) is 2. The van der Waals surface area contributed by atoms with Crippen molar-refractivity contribution in [3.8, 4) is 5.75 Å². The minimum absolute atomic E-state index is 0.00470. The zero-order valence-corrected chi connectivity index (χ0v) is 18.5. The van der Waals surface area contributed by atoms with E-state index in [9.17, 15) is 19.5 Å². The van der Waals surface area contributed by atoms with Crippen LogP contribution in [0.25, 0.3) is 10.9 Å². The minimum Gasteiger partial charge on any atom is -0.506 e. The van der Waals surface area contributed by atoms with Crippen LogP contribution in [0.2, 0.25) is 0 Å². The Labute approximate surface area is 182 Å². The largest absolute Gasteiger partial charge is 0.506 e. The summed E-state index contributed by atoms with van der Waals surface area (Å²) in [5.74, 6) is -1.11. The number of hydrogen-bond acceptors (Lipinski definition) is 7. The molecule has 0 bridgehead atoms. The highest BCUT2D eigenvalue weighted by Gasteiger charge is 2.19. The third-order valence-electron chi connectivity index (χ3n) is 4.87. The van der Waals surface area contributed by atoms with Gasteiger partial charge in [-0.3, -0.25) is 9.59 Å². The first-order chi connectivity index (χ1) is 14.9. The van der Waals surface area contributed by atoms with Gasteiger partial charge in [0.1, 0.15) is 11.4 Å². The van der Waals surface area contributed by atoms with Crippen molar-refractivity contribution >= 4 is 28.6 Å². The number of H-pyrrole nitrogens is 1. The summed E-state index contributed by atoms with van der Waals surface area (Å²) in [5.41, 5.74) is 0.848. The van der Waals surface area contributed by atoms with Gasteiger partial charge in [0.05, 0.1) is 31.7 Å². The van der Waals surface area contributed by atoms with Gasteiger partial charge < -0.3 is 24.9 Å². The summed E-state index contributed by atoms with van der Waals surface area (Å²) in [7, 11) is 0. The van der Waals surface area contributed by atoms with Crippen molar-refractivity contribution < 1.29 is 29.0 Å². The number of hydrogen-bond donors (Lipinski definition) is 3. The Bertz CT molecular complexity index is 905. The molecule has 0 aliphatic rings. The predicted molar refractivity (Wildman–Crippen MR) is 117 cm³/mol. The fourth-order valence-corrected chi connectivity index (χ4v) is 3.02. The number of nitrogens with one attached hydrogen (secondary N) is 2. The Hall–Kier alpha value is -2.87. The lowest BCUT2D eigenvalue weighted by atomic mass is 10.0. The number of rotatable bonds is 13. The van der Waals surface area contributed by atoms with E-state index in [0.29, 0.717) is 29.7 Å². The van der Waals surface area contributed by atoms with Gasteiger partial charge in [0.15, 0.2) is 5.78 Å². The SMILES string of the molecule is CCCCOC(=O)CC(C)NCC(=O)c1ccc(O)c2[nH]c(C(=O)OCCCC)cc12. The first-order valence-corrected chi connectivity index (χ1v) is 10.8. The summed E-state index contributed by atoms with van der Waals surface area (Å²) < 4.78 is 10.3. The lowest BCUT2D eigenvalue weighted by Gasteiger charge is -2.13. The van der Waals surface area contributed by atoms with Crippen molar-refractivity contribution in [2.75, 3.05) is 19.8 Å². The van der Waals surface area contributed by atoms with Gasteiger partial charge >= 0.3 is 11.9 Å². The van der Waals surface area contributed by atoms with Crippen LogP contribution >= 0.6 is 0 Å². The molecule has 1 heterocycles. The highest BCUT2D eigenvalue weighted by atomic mass is 16.5. The maximum absolute atomic E-state index is 12.8. The summed E-state index contributed by atoms with van der Waals surface area (Å²) >= 11 is 0. The molecule has 0 aliphatic carbocycles. The number of phenols is 1. The first-order valence-electron chi connectivity index (χ1n) is 10.8. The van der Waals surface area contributed by atoms with Gasteiger partial charge in [-0.05, 0) is 38.0 Å². The van der Waals surface area contributed by atoms with E-state index >= 15 is 0 Å². The molecule has 1 aromatic carbocycles. The van der Waals surface area contributed by atoms with Crippen LogP contribution in [0.5, 0.6) is 5.75 Å². The number of esters is 2. The van der Waals surface area contributed by atoms with Gasteiger partial charge in [-0.1, -0.05) is 26.7 Å². The van der Waals surface area contributed by atoms with E-state index in [0.717, 1.165) is 25.7 Å². The maximum atomic E-state index is 12.8. The number of aromatic hydroxyl groups is 1. The van der Waals surface area contributed by atoms with Crippen LogP contribution in [0.4, 0.5) is 0 Å². The summed E-state index contributed by atoms with van der Waals surface area (Å²) in [4.78, 5) is 39.6. The fraction of sp³-hybridized carbons (Fsp3) is 0.522. The quantitative estimate of drug-likeness (QED) is 0.251. The number of phenolic OH excluding ortho intramolecular Hbond substituents is 1. The molecule has 2 aromatic rings. The molecule has 0 fully saturated rings. The van der Waals surface area contributed by atoms with Gasteiger partial charge in [-0.25, -0.2) is 4.79 Å². The highest BCUT2D eigenvalue weighted by Crippen LogP contribution is 2.28. The Balaban J connectivity index is 2.03. The zero-order chi connectivity index (χ0) is 22.8. The number of aromatic amines is 1.